The van der Waals surface area contributed by atoms with Crippen LogP contribution >= 0.6 is 15.9 Å². The molecule has 3 heterocycles. The summed E-state index contributed by atoms with van der Waals surface area (Å²) in [4.78, 5) is 15.8. The van der Waals surface area contributed by atoms with Crippen molar-refractivity contribution < 1.29 is 20.1 Å². The number of aromatic hydroxyl groups is 1. The first-order chi connectivity index (χ1) is 12.4. The van der Waals surface area contributed by atoms with Crippen LogP contribution in [0.15, 0.2) is 16.6 Å². The van der Waals surface area contributed by atoms with E-state index >= 15 is 0 Å². The van der Waals surface area contributed by atoms with Crippen LogP contribution in [0.5, 0.6) is 5.75 Å². The molecule has 0 aliphatic carbocycles. The van der Waals surface area contributed by atoms with Crippen molar-refractivity contribution in [1.29, 1.82) is 5.26 Å². The van der Waals surface area contributed by atoms with Gasteiger partial charge in [-0.2, -0.15) is 5.26 Å². The topological polar surface area (TPSA) is 108 Å². The molecular formula is C18H20BrN3O4. The number of nitrogens with zero attached hydrogens (tertiary/aromatic N) is 3. The number of aliphatic hydroxyl groups excluding tert-OH is 1. The number of aliphatic carboxylic acids is 1. The lowest BCUT2D eigenvalue weighted by atomic mass is 9.80. The van der Waals surface area contributed by atoms with E-state index in [1.165, 1.54) is 0 Å². The lowest BCUT2D eigenvalue weighted by Gasteiger charge is -2.54. The number of piperazine rings is 1. The maximum Gasteiger partial charge on any atom is 0.308 e. The Morgan fingerprint density at radius 3 is 2.77 bits per heavy atom. The highest BCUT2D eigenvalue weighted by molar-refractivity contribution is 9.10. The second kappa shape index (κ2) is 6.20. The summed E-state index contributed by atoms with van der Waals surface area (Å²) in [6, 6.07) is 3.96. The molecule has 0 amide bonds. The third-order valence-corrected chi connectivity index (χ3v) is 7.11. The molecule has 4 rings (SSSR count). The molecule has 26 heavy (non-hydrogen) atoms. The summed E-state index contributed by atoms with van der Waals surface area (Å²) in [7, 11) is 1.89. The van der Waals surface area contributed by atoms with Gasteiger partial charge in [0.25, 0.3) is 0 Å². The first-order valence-corrected chi connectivity index (χ1v) is 9.42. The van der Waals surface area contributed by atoms with Gasteiger partial charge in [0.2, 0.25) is 0 Å². The van der Waals surface area contributed by atoms with Crippen molar-refractivity contribution >= 4 is 21.9 Å². The average Bonchev–Trinajstić information content (AvgIpc) is 2.87. The highest BCUT2D eigenvalue weighted by atomic mass is 79.9. The fourth-order valence-corrected chi connectivity index (χ4v) is 5.85. The Morgan fingerprint density at radius 2 is 2.15 bits per heavy atom. The van der Waals surface area contributed by atoms with Crippen LogP contribution in [-0.4, -0.2) is 68.9 Å². The molecule has 0 aromatic heterocycles. The van der Waals surface area contributed by atoms with Crippen molar-refractivity contribution in [3.63, 3.8) is 0 Å². The van der Waals surface area contributed by atoms with Gasteiger partial charge in [-0.25, -0.2) is 0 Å². The van der Waals surface area contributed by atoms with Crippen LogP contribution in [0.2, 0.25) is 0 Å². The van der Waals surface area contributed by atoms with E-state index < -0.39 is 24.0 Å². The summed E-state index contributed by atoms with van der Waals surface area (Å²) in [6.07, 6.45) is 0.938. The zero-order chi connectivity index (χ0) is 18.7. The number of hydrogen-bond acceptors (Lipinski definition) is 6. The number of likely N-dealkylation sites (N-methyl/N-ethyl adjacent to an activating group) is 1. The predicted molar refractivity (Wildman–Crippen MR) is 95.4 cm³/mol. The van der Waals surface area contributed by atoms with Gasteiger partial charge in [0.15, 0.2) is 0 Å². The first kappa shape index (κ1) is 17.7. The molecule has 2 fully saturated rings. The van der Waals surface area contributed by atoms with E-state index in [9.17, 15) is 25.4 Å². The number of hydrogen-bond donors (Lipinski definition) is 3. The molecule has 3 aliphatic rings. The molecule has 2 bridgehead atoms. The normalized spacial score (nSPS) is 36.2. The number of rotatable bonds is 2. The largest absolute Gasteiger partial charge is 0.508 e. The number of benzene rings is 1. The second-order valence-electron chi connectivity index (χ2n) is 7.35. The Balaban J connectivity index is 1.90. The number of carboxylic acids is 1. The monoisotopic (exact) mass is 421 g/mol. The van der Waals surface area contributed by atoms with Crippen LogP contribution in [0.4, 0.5) is 0 Å². The molecule has 0 saturated carbocycles. The van der Waals surface area contributed by atoms with Gasteiger partial charge in [-0.05, 0) is 37.6 Å². The third-order valence-electron chi connectivity index (χ3n) is 6.37. The summed E-state index contributed by atoms with van der Waals surface area (Å²) in [5.74, 6) is -1.30. The summed E-state index contributed by atoms with van der Waals surface area (Å²) >= 11 is 3.53. The number of carboxylic acid groups (broad SMARTS) is 1. The number of aliphatic hydroxyl groups is 1. The van der Waals surface area contributed by atoms with E-state index in [4.69, 9.17) is 0 Å². The maximum atomic E-state index is 11.9. The Morgan fingerprint density at radius 1 is 1.42 bits per heavy atom. The maximum absolute atomic E-state index is 11.9. The van der Waals surface area contributed by atoms with E-state index in [2.05, 4.69) is 22.0 Å². The smallest absolute Gasteiger partial charge is 0.308 e. The predicted octanol–water partition coefficient (Wildman–Crippen LogP) is 1.09. The van der Waals surface area contributed by atoms with Crippen molar-refractivity contribution in [2.75, 3.05) is 13.7 Å². The lowest BCUT2D eigenvalue weighted by Crippen LogP contribution is -2.67. The molecule has 0 spiro atoms. The van der Waals surface area contributed by atoms with Crippen molar-refractivity contribution in [2.45, 2.75) is 43.1 Å². The fourth-order valence-electron chi connectivity index (χ4n) is 5.34. The summed E-state index contributed by atoms with van der Waals surface area (Å²) in [5, 5.41) is 40.1. The van der Waals surface area contributed by atoms with Gasteiger partial charge in [-0.1, -0.05) is 15.9 Å². The van der Waals surface area contributed by atoms with Crippen molar-refractivity contribution in [2.24, 2.45) is 5.92 Å². The van der Waals surface area contributed by atoms with Crippen molar-refractivity contribution in [1.82, 2.24) is 9.80 Å². The van der Waals surface area contributed by atoms with Crippen LogP contribution in [0, 0.1) is 17.2 Å². The molecule has 7 nitrogen and oxygen atoms in total. The van der Waals surface area contributed by atoms with Crippen molar-refractivity contribution in [3.8, 4) is 11.8 Å². The highest BCUT2D eigenvalue weighted by Gasteiger charge is 2.59. The number of nitriles is 1. The van der Waals surface area contributed by atoms with E-state index in [1.54, 1.807) is 12.1 Å². The van der Waals surface area contributed by atoms with Gasteiger partial charge in [-0.15, -0.1) is 0 Å². The summed E-state index contributed by atoms with van der Waals surface area (Å²) < 4.78 is 0.826. The average molecular weight is 422 g/mol. The standard InChI is InChI=1S/C18H20BrN3O4/c1-21-11-5-9(18(25)26)17(21)12-4-8-10(19)2-3-15(24)16(8)14(7-23)22(12)13(11)6-20/h2-3,9,11-14,17,23-24H,4-5,7H2,1H3,(H,25,26)/t9-,11+,12+,13?,14+,17-/m1/s1. The number of halogens is 1. The highest BCUT2D eigenvalue weighted by Crippen LogP contribution is 2.50. The van der Waals surface area contributed by atoms with Gasteiger partial charge in [-0.3, -0.25) is 14.6 Å². The summed E-state index contributed by atoms with van der Waals surface area (Å²) in [6.45, 7) is -0.243. The number of phenols is 1. The van der Waals surface area contributed by atoms with Crippen LogP contribution in [0.1, 0.15) is 23.6 Å². The van der Waals surface area contributed by atoms with Crippen LogP contribution in [0.25, 0.3) is 0 Å². The van der Waals surface area contributed by atoms with E-state index in [-0.39, 0.29) is 30.5 Å². The molecule has 1 unspecified atom stereocenters. The molecule has 8 heteroatoms. The molecule has 2 saturated heterocycles. The van der Waals surface area contributed by atoms with Gasteiger partial charge >= 0.3 is 5.97 Å². The zero-order valence-electron chi connectivity index (χ0n) is 14.2. The Kier molecular flexibility index (Phi) is 4.23. The lowest BCUT2D eigenvalue weighted by molar-refractivity contribution is -0.144. The molecule has 1 aromatic carbocycles. The van der Waals surface area contributed by atoms with Gasteiger partial charge in [0, 0.05) is 28.2 Å². The molecule has 3 N–H and O–H groups in total. The van der Waals surface area contributed by atoms with Crippen molar-refractivity contribution in [3.05, 3.63) is 27.7 Å². The molecule has 0 radical (unpaired) electrons. The number of phenolic OH excluding ortho intramolecular Hbond substituents is 1. The van der Waals surface area contributed by atoms with Crippen LogP contribution in [-0.2, 0) is 11.2 Å². The van der Waals surface area contributed by atoms with E-state index in [0.29, 0.717) is 18.4 Å². The van der Waals surface area contributed by atoms with Gasteiger partial charge in [0.05, 0.1) is 24.6 Å². The number of fused-ring (bicyclic) bond motifs is 5. The second-order valence-corrected chi connectivity index (χ2v) is 8.21. The minimum atomic E-state index is -0.843. The van der Waals surface area contributed by atoms with Crippen LogP contribution < -0.4 is 0 Å². The number of carbonyl (C=O) groups is 1. The minimum absolute atomic E-state index is 0.0958. The van der Waals surface area contributed by atoms with E-state index in [0.717, 1.165) is 10.0 Å². The quantitative estimate of drug-likeness (QED) is 0.655. The molecule has 1 aromatic rings. The zero-order valence-corrected chi connectivity index (χ0v) is 15.8. The van der Waals surface area contributed by atoms with Gasteiger partial charge < -0.3 is 15.3 Å². The Bertz CT molecular complexity index is 810. The van der Waals surface area contributed by atoms with E-state index in [1.807, 2.05) is 16.8 Å². The Hall–Kier alpha value is -1.66. The summed E-state index contributed by atoms with van der Waals surface area (Å²) in [5.41, 5.74) is 1.51. The molecule has 138 valence electrons. The fraction of sp³-hybridized carbons (Fsp3) is 0.556. The molecule has 6 atom stereocenters. The third kappa shape index (κ3) is 2.24. The Labute approximate surface area is 159 Å². The molecular weight excluding hydrogens is 402 g/mol. The van der Waals surface area contributed by atoms with Crippen LogP contribution in [0.3, 0.4) is 0 Å². The first-order valence-electron chi connectivity index (χ1n) is 8.63. The minimum Gasteiger partial charge on any atom is -0.508 e. The molecule has 3 aliphatic heterocycles. The van der Waals surface area contributed by atoms with Gasteiger partial charge in [0.1, 0.15) is 11.8 Å². The SMILES string of the molecule is CN1[C@@H]2[C@H](C(=O)O)C[C@H]1C(C#N)N1[C@@H](CO)c3c(O)ccc(Br)c3C[C@@H]21.